The van der Waals surface area contributed by atoms with Gasteiger partial charge in [-0.25, -0.2) is 4.39 Å². The van der Waals surface area contributed by atoms with Crippen molar-refractivity contribution >= 4 is 6.08 Å². The van der Waals surface area contributed by atoms with Crippen molar-refractivity contribution in [2.75, 3.05) is 13.1 Å². The lowest BCUT2D eigenvalue weighted by Gasteiger charge is -2.11. The molecule has 0 amide bonds. The molecule has 0 saturated carbocycles. The third kappa shape index (κ3) is 4.35. The van der Waals surface area contributed by atoms with Crippen LogP contribution in [0.2, 0.25) is 0 Å². The van der Waals surface area contributed by atoms with Crippen LogP contribution >= 0.6 is 0 Å². The number of hydrogen-bond acceptors (Lipinski definition) is 3. The van der Waals surface area contributed by atoms with Crippen LogP contribution in [-0.4, -0.2) is 18.2 Å². The highest BCUT2D eigenvalue weighted by atomic mass is 19.1. The second-order valence-electron chi connectivity index (χ2n) is 4.14. The lowest BCUT2D eigenvalue weighted by atomic mass is 10.1. The van der Waals surface area contributed by atoms with E-state index < -0.39 is 6.10 Å². The van der Waals surface area contributed by atoms with Gasteiger partial charge < -0.3 is 14.8 Å². The van der Waals surface area contributed by atoms with Gasteiger partial charge in [-0.1, -0.05) is 18.2 Å². The molecule has 1 aromatic heterocycles. The summed E-state index contributed by atoms with van der Waals surface area (Å²) in [5, 5.41) is 13.0. The summed E-state index contributed by atoms with van der Waals surface area (Å²) >= 11 is 0. The van der Waals surface area contributed by atoms with Gasteiger partial charge in [0.15, 0.2) is 0 Å². The van der Waals surface area contributed by atoms with Crippen LogP contribution in [0.15, 0.2) is 53.2 Å². The molecular formula is C15H16FNO2. The SMILES string of the molecule is OC(CNC/C=C/c1ccco1)c1ccc(F)cc1. The van der Waals surface area contributed by atoms with Crippen LogP contribution in [0.5, 0.6) is 0 Å². The van der Waals surface area contributed by atoms with E-state index in [-0.39, 0.29) is 5.82 Å². The van der Waals surface area contributed by atoms with Crippen LogP contribution in [0.1, 0.15) is 17.4 Å². The number of nitrogens with one attached hydrogen (secondary N) is 1. The van der Waals surface area contributed by atoms with Gasteiger partial charge in [-0.2, -0.15) is 0 Å². The van der Waals surface area contributed by atoms with Gasteiger partial charge in [-0.05, 0) is 35.9 Å². The molecule has 1 atom stereocenters. The lowest BCUT2D eigenvalue weighted by Crippen LogP contribution is -2.21. The summed E-state index contributed by atoms with van der Waals surface area (Å²) in [5.74, 6) is 0.492. The Hall–Kier alpha value is -1.91. The normalized spacial score (nSPS) is 12.9. The molecule has 2 aromatic rings. The first-order valence-electron chi connectivity index (χ1n) is 6.10. The van der Waals surface area contributed by atoms with Gasteiger partial charge in [0.2, 0.25) is 0 Å². The van der Waals surface area contributed by atoms with Crippen molar-refractivity contribution in [3.63, 3.8) is 0 Å². The van der Waals surface area contributed by atoms with Crippen molar-refractivity contribution < 1.29 is 13.9 Å². The largest absolute Gasteiger partial charge is 0.465 e. The van der Waals surface area contributed by atoms with Gasteiger partial charge in [-0.3, -0.25) is 0 Å². The van der Waals surface area contributed by atoms with Gasteiger partial charge in [0, 0.05) is 13.1 Å². The fraction of sp³-hybridized carbons (Fsp3) is 0.200. The Balaban J connectivity index is 1.72. The highest BCUT2D eigenvalue weighted by Gasteiger charge is 2.05. The first-order valence-corrected chi connectivity index (χ1v) is 6.10. The zero-order chi connectivity index (χ0) is 13.5. The fourth-order valence-electron chi connectivity index (χ4n) is 1.67. The van der Waals surface area contributed by atoms with Gasteiger partial charge in [0.1, 0.15) is 11.6 Å². The topological polar surface area (TPSA) is 45.4 Å². The van der Waals surface area contributed by atoms with Crippen molar-refractivity contribution in [1.29, 1.82) is 0 Å². The Bertz CT molecular complexity index is 505. The molecule has 0 saturated heterocycles. The van der Waals surface area contributed by atoms with E-state index in [0.29, 0.717) is 18.7 Å². The van der Waals surface area contributed by atoms with E-state index in [0.717, 1.165) is 5.76 Å². The maximum atomic E-state index is 12.7. The van der Waals surface area contributed by atoms with Crippen LogP contribution in [0, 0.1) is 5.82 Å². The zero-order valence-electron chi connectivity index (χ0n) is 10.4. The molecule has 0 radical (unpaired) electrons. The number of halogens is 1. The van der Waals surface area contributed by atoms with E-state index in [1.54, 1.807) is 18.4 Å². The summed E-state index contributed by atoms with van der Waals surface area (Å²) in [6, 6.07) is 9.54. The van der Waals surface area contributed by atoms with Crippen LogP contribution < -0.4 is 5.32 Å². The minimum absolute atomic E-state index is 0.301. The van der Waals surface area contributed by atoms with Gasteiger partial charge >= 0.3 is 0 Å². The molecule has 0 fully saturated rings. The van der Waals surface area contributed by atoms with Crippen molar-refractivity contribution in [3.05, 3.63) is 65.9 Å². The molecule has 0 aliphatic carbocycles. The second-order valence-corrected chi connectivity index (χ2v) is 4.14. The maximum Gasteiger partial charge on any atom is 0.126 e. The van der Waals surface area contributed by atoms with Crippen molar-refractivity contribution in [2.45, 2.75) is 6.10 Å². The standard InChI is InChI=1S/C15H16FNO2/c16-13-7-5-12(6-8-13)15(18)11-17-9-1-3-14-4-2-10-19-14/h1-8,10,15,17-18H,9,11H2/b3-1+. The quantitative estimate of drug-likeness (QED) is 0.786. The Kier molecular flexibility index (Phi) is 4.89. The Morgan fingerprint density at radius 2 is 2.05 bits per heavy atom. The predicted molar refractivity (Wildman–Crippen MR) is 72.0 cm³/mol. The molecule has 2 rings (SSSR count). The monoisotopic (exact) mass is 261 g/mol. The highest BCUT2D eigenvalue weighted by Crippen LogP contribution is 2.12. The van der Waals surface area contributed by atoms with E-state index in [1.807, 2.05) is 24.3 Å². The molecule has 1 aromatic carbocycles. The average molecular weight is 261 g/mol. The Labute approximate surface area is 111 Å². The molecule has 0 spiro atoms. The molecule has 4 heteroatoms. The molecule has 19 heavy (non-hydrogen) atoms. The molecule has 3 nitrogen and oxygen atoms in total. The molecule has 1 heterocycles. The summed E-state index contributed by atoms with van der Waals surface area (Å²) in [6.45, 7) is 1.03. The fourth-order valence-corrected chi connectivity index (χ4v) is 1.67. The molecule has 2 N–H and O–H groups in total. The van der Waals surface area contributed by atoms with Crippen molar-refractivity contribution in [1.82, 2.24) is 5.32 Å². The summed E-state index contributed by atoms with van der Waals surface area (Å²) in [6.07, 6.45) is 4.75. The molecule has 100 valence electrons. The Morgan fingerprint density at radius 1 is 1.26 bits per heavy atom. The average Bonchev–Trinajstić information content (AvgIpc) is 2.92. The number of furan rings is 1. The highest BCUT2D eigenvalue weighted by molar-refractivity contribution is 5.42. The number of benzene rings is 1. The minimum atomic E-state index is -0.641. The lowest BCUT2D eigenvalue weighted by molar-refractivity contribution is 0.176. The third-order valence-electron chi connectivity index (χ3n) is 2.68. The molecule has 0 aliphatic heterocycles. The first-order chi connectivity index (χ1) is 9.25. The smallest absolute Gasteiger partial charge is 0.126 e. The number of hydrogen-bond donors (Lipinski definition) is 2. The van der Waals surface area contributed by atoms with Gasteiger partial charge in [0.25, 0.3) is 0 Å². The van der Waals surface area contributed by atoms with Crippen LogP contribution in [0.25, 0.3) is 6.08 Å². The molecule has 1 unspecified atom stereocenters. The summed E-state index contributed by atoms with van der Waals surface area (Å²) in [4.78, 5) is 0. The zero-order valence-corrected chi connectivity index (χ0v) is 10.4. The van der Waals surface area contributed by atoms with E-state index in [1.165, 1.54) is 12.1 Å². The first kappa shape index (κ1) is 13.5. The van der Waals surface area contributed by atoms with E-state index in [2.05, 4.69) is 5.32 Å². The van der Waals surface area contributed by atoms with E-state index in [9.17, 15) is 9.50 Å². The van der Waals surface area contributed by atoms with Crippen molar-refractivity contribution in [2.24, 2.45) is 0 Å². The van der Waals surface area contributed by atoms with Gasteiger partial charge in [0.05, 0.1) is 12.4 Å². The second kappa shape index (κ2) is 6.87. The minimum Gasteiger partial charge on any atom is -0.465 e. The maximum absolute atomic E-state index is 12.7. The van der Waals surface area contributed by atoms with E-state index in [4.69, 9.17) is 4.42 Å². The van der Waals surface area contributed by atoms with Crippen molar-refractivity contribution in [3.8, 4) is 0 Å². The molecule has 0 aliphatic rings. The van der Waals surface area contributed by atoms with Crippen LogP contribution in [-0.2, 0) is 0 Å². The predicted octanol–water partition coefficient (Wildman–Crippen LogP) is 2.76. The summed E-state index contributed by atoms with van der Waals surface area (Å²) in [7, 11) is 0. The number of aliphatic hydroxyl groups is 1. The third-order valence-corrected chi connectivity index (χ3v) is 2.68. The number of rotatable bonds is 6. The number of aliphatic hydroxyl groups excluding tert-OH is 1. The summed E-state index contributed by atoms with van der Waals surface area (Å²) in [5.41, 5.74) is 0.698. The van der Waals surface area contributed by atoms with Crippen LogP contribution in [0.3, 0.4) is 0 Å². The van der Waals surface area contributed by atoms with Crippen LogP contribution in [0.4, 0.5) is 4.39 Å². The molecule has 0 bridgehead atoms. The van der Waals surface area contributed by atoms with E-state index >= 15 is 0 Å². The Morgan fingerprint density at radius 3 is 2.74 bits per heavy atom. The van der Waals surface area contributed by atoms with Gasteiger partial charge in [-0.15, -0.1) is 0 Å². The molecular weight excluding hydrogens is 245 g/mol. The summed E-state index contributed by atoms with van der Waals surface area (Å²) < 4.78 is 17.9.